The maximum Gasteiger partial charge on any atom is 0.275 e. The first-order chi connectivity index (χ1) is 10.9. The molecular weight excluding hydrogens is 290 g/mol. The van der Waals surface area contributed by atoms with Crippen LogP contribution in [0.2, 0.25) is 0 Å². The Morgan fingerprint density at radius 3 is 2.43 bits per heavy atom. The zero-order valence-electron chi connectivity index (χ0n) is 13.0. The molecule has 5 nitrogen and oxygen atoms in total. The highest BCUT2D eigenvalue weighted by Gasteiger charge is 2.25. The van der Waals surface area contributed by atoms with Crippen LogP contribution in [0.3, 0.4) is 0 Å². The van der Waals surface area contributed by atoms with E-state index in [9.17, 15) is 10.1 Å². The van der Waals surface area contributed by atoms with Crippen LogP contribution in [0.5, 0.6) is 0 Å². The zero-order valence-corrected chi connectivity index (χ0v) is 13.0. The van der Waals surface area contributed by atoms with Crippen LogP contribution in [0.25, 0.3) is 21.9 Å². The lowest BCUT2D eigenvalue weighted by Gasteiger charge is -2.19. The number of pyridine rings is 1. The quantitative estimate of drug-likeness (QED) is 0.585. The van der Waals surface area contributed by atoms with E-state index in [0.29, 0.717) is 5.56 Å². The summed E-state index contributed by atoms with van der Waals surface area (Å²) in [6, 6.07) is 13.0. The summed E-state index contributed by atoms with van der Waals surface area (Å²) in [7, 11) is 0. The average Bonchev–Trinajstić information content (AvgIpc) is 2.53. The van der Waals surface area contributed by atoms with Crippen LogP contribution in [0, 0.1) is 10.1 Å². The van der Waals surface area contributed by atoms with Crippen LogP contribution in [-0.4, -0.2) is 9.91 Å². The van der Waals surface area contributed by atoms with E-state index in [4.69, 9.17) is 5.73 Å². The minimum Gasteiger partial charge on any atom is -0.322 e. The summed E-state index contributed by atoms with van der Waals surface area (Å²) in [5, 5.41) is 13.5. The monoisotopic (exact) mass is 307 g/mol. The van der Waals surface area contributed by atoms with Crippen molar-refractivity contribution in [1.82, 2.24) is 4.98 Å². The highest BCUT2D eigenvalue weighted by molar-refractivity contribution is 5.86. The predicted octanol–water partition coefficient (Wildman–Crippen LogP) is 4.00. The molecule has 1 aromatic heterocycles. The molecule has 23 heavy (non-hydrogen) atoms. The number of benzene rings is 2. The highest BCUT2D eigenvalue weighted by Crippen LogP contribution is 2.33. The fourth-order valence-corrected chi connectivity index (χ4v) is 2.67. The average molecular weight is 307 g/mol. The summed E-state index contributed by atoms with van der Waals surface area (Å²) in [6.45, 7) is 3.52. The van der Waals surface area contributed by atoms with Gasteiger partial charge in [0.25, 0.3) is 5.69 Å². The Hall–Kier alpha value is -2.79. The zero-order chi connectivity index (χ0) is 16.6. The van der Waals surface area contributed by atoms with Crippen molar-refractivity contribution in [3.05, 3.63) is 70.5 Å². The highest BCUT2D eigenvalue weighted by atomic mass is 16.6. The second-order valence-electron chi connectivity index (χ2n) is 6.15. The van der Waals surface area contributed by atoms with E-state index in [1.54, 1.807) is 38.4 Å². The fraction of sp³-hybridized carbons (Fsp3) is 0.167. The molecule has 0 atom stereocenters. The lowest BCUT2D eigenvalue weighted by atomic mass is 9.91. The number of nitro groups is 1. The van der Waals surface area contributed by atoms with Gasteiger partial charge in [-0.05, 0) is 48.6 Å². The van der Waals surface area contributed by atoms with E-state index in [1.807, 2.05) is 30.3 Å². The standard InChI is InChI=1S/C18H17N3O2/c1-18(2,19)16-6-5-13(10-17(16)21(22)23)12-3-4-15-11-20-8-7-14(15)9-12/h3-11H,19H2,1-2H3. The number of nitro benzene ring substituents is 1. The van der Waals surface area contributed by atoms with Gasteiger partial charge < -0.3 is 5.73 Å². The third-order valence-electron chi connectivity index (χ3n) is 3.86. The molecule has 2 N–H and O–H groups in total. The molecule has 116 valence electrons. The van der Waals surface area contributed by atoms with Gasteiger partial charge in [0.1, 0.15) is 0 Å². The van der Waals surface area contributed by atoms with E-state index in [2.05, 4.69) is 4.98 Å². The summed E-state index contributed by atoms with van der Waals surface area (Å²) >= 11 is 0. The lowest BCUT2D eigenvalue weighted by molar-refractivity contribution is -0.386. The molecule has 3 rings (SSSR count). The largest absolute Gasteiger partial charge is 0.322 e. The minimum atomic E-state index is -0.768. The maximum absolute atomic E-state index is 11.4. The third kappa shape index (κ3) is 2.91. The van der Waals surface area contributed by atoms with Crippen molar-refractivity contribution in [3.63, 3.8) is 0 Å². The van der Waals surface area contributed by atoms with E-state index in [-0.39, 0.29) is 10.6 Å². The molecule has 0 saturated carbocycles. The molecule has 5 heteroatoms. The first-order valence-corrected chi connectivity index (χ1v) is 7.28. The Kier molecular flexibility index (Phi) is 3.58. The van der Waals surface area contributed by atoms with E-state index >= 15 is 0 Å². The molecule has 0 fully saturated rings. The van der Waals surface area contributed by atoms with Crippen molar-refractivity contribution >= 4 is 16.5 Å². The molecule has 3 aromatic rings. The first-order valence-electron chi connectivity index (χ1n) is 7.28. The summed E-state index contributed by atoms with van der Waals surface area (Å²) in [5.74, 6) is 0. The fourth-order valence-electron chi connectivity index (χ4n) is 2.67. The van der Waals surface area contributed by atoms with E-state index in [0.717, 1.165) is 21.9 Å². The van der Waals surface area contributed by atoms with E-state index in [1.165, 1.54) is 0 Å². The number of rotatable bonds is 3. The van der Waals surface area contributed by atoms with Crippen molar-refractivity contribution < 1.29 is 4.92 Å². The van der Waals surface area contributed by atoms with Crippen molar-refractivity contribution in [2.45, 2.75) is 19.4 Å². The van der Waals surface area contributed by atoms with Crippen molar-refractivity contribution in [2.75, 3.05) is 0 Å². The van der Waals surface area contributed by atoms with Gasteiger partial charge in [-0.3, -0.25) is 15.1 Å². The molecule has 0 aliphatic carbocycles. The number of aromatic nitrogens is 1. The summed E-state index contributed by atoms with van der Waals surface area (Å²) in [5.41, 5.74) is 7.57. The molecule has 1 heterocycles. The molecule has 0 aliphatic rings. The molecule has 0 saturated heterocycles. The summed E-state index contributed by atoms with van der Waals surface area (Å²) in [6.07, 6.45) is 3.52. The van der Waals surface area contributed by atoms with Crippen molar-refractivity contribution in [3.8, 4) is 11.1 Å². The molecule has 0 spiro atoms. The number of hydrogen-bond donors (Lipinski definition) is 1. The predicted molar refractivity (Wildman–Crippen MR) is 91.0 cm³/mol. The molecular formula is C18H17N3O2. The van der Waals surface area contributed by atoms with Gasteiger partial charge in [0.15, 0.2) is 0 Å². The second kappa shape index (κ2) is 5.44. The Bertz CT molecular complexity index is 898. The van der Waals surface area contributed by atoms with Gasteiger partial charge in [-0.25, -0.2) is 0 Å². The van der Waals surface area contributed by atoms with Gasteiger partial charge >= 0.3 is 0 Å². The van der Waals surface area contributed by atoms with Gasteiger partial charge in [0.05, 0.1) is 4.92 Å². The number of fused-ring (bicyclic) bond motifs is 1. The van der Waals surface area contributed by atoms with Crippen LogP contribution >= 0.6 is 0 Å². The SMILES string of the molecule is CC(C)(N)c1ccc(-c2ccc3cnccc3c2)cc1[N+](=O)[O-]. The van der Waals surface area contributed by atoms with Gasteiger partial charge in [-0.15, -0.1) is 0 Å². The van der Waals surface area contributed by atoms with E-state index < -0.39 is 5.54 Å². The van der Waals surface area contributed by atoms with Gasteiger partial charge in [-0.2, -0.15) is 0 Å². The molecule has 0 radical (unpaired) electrons. The summed E-state index contributed by atoms with van der Waals surface area (Å²) in [4.78, 5) is 15.1. The van der Waals surface area contributed by atoms with Crippen LogP contribution in [0.4, 0.5) is 5.69 Å². The Labute approximate surface area is 133 Å². The minimum absolute atomic E-state index is 0.0461. The first kappa shape index (κ1) is 15.1. The second-order valence-corrected chi connectivity index (χ2v) is 6.15. The van der Waals surface area contributed by atoms with Crippen LogP contribution in [0.15, 0.2) is 54.9 Å². The normalized spacial score (nSPS) is 11.6. The number of nitrogens with two attached hydrogens (primary N) is 1. The van der Waals surface area contributed by atoms with Crippen LogP contribution < -0.4 is 5.73 Å². The number of hydrogen-bond acceptors (Lipinski definition) is 4. The van der Waals surface area contributed by atoms with Crippen molar-refractivity contribution in [2.24, 2.45) is 5.73 Å². The maximum atomic E-state index is 11.4. The number of nitrogens with zero attached hydrogens (tertiary/aromatic N) is 2. The topological polar surface area (TPSA) is 82.0 Å². The smallest absolute Gasteiger partial charge is 0.275 e. The molecule has 0 bridgehead atoms. The Morgan fingerprint density at radius 2 is 1.74 bits per heavy atom. The van der Waals surface area contributed by atoms with Gasteiger partial charge in [0.2, 0.25) is 0 Å². The molecule has 2 aromatic carbocycles. The molecule has 0 unspecified atom stereocenters. The van der Waals surface area contributed by atoms with Crippen molar-refractivity contribution in [1.29, 1.82) is 0 Å². The van der Waals surface area contributed by atoms with Gasteiger partial charge in [0, 0.05) is 34.9 Å². The molecule has 0 amide bonds. The van der Waals surface area contributed by atoms with Crippen LogP contribution in [0.1, 0.15) is 19.4 Å². The Morgan fingerprint density at radius 1 is 1.04 bits per heavy atom. The lowest BCUT2D eigenvalue weighted by Crippen LogP contribution is -2.29. The van der Waals surface area contributed by atoms with Crippen LogP contribution in [-0.2, 0) is 5.54 Å². The third-order valence-corrected chi connectivity index (χ3v) is 3.86. The van der Waals surface area contributed by atoms with Gasteiger partial charge in [-0.1, -0.05) is 18.2 Å². The molecule has 0 aliphatic heterocycles. The Balaban J connectivity index is 2.15. The summed E-state index contributed by atoms with van der Waals surface area (Å²) < 4.78 is 0.